The minimum atomic E-state index is -0.979. The third-order valence-corrected chi connectivity index (χ3v) is 5.55. The largest absolute Gasteiger partial charge is 0.480 e. The number of hydrogen-bond acceptors (Lipinski definition) is 4. The van der Waals surface area contributed by atoms with Crippen LogP contribution >= 0.6 is 23.5 Å². The van der Waals surface area contributed by atoms with Gasteiger partial charge in [0.1, 0.15) is 6.04 Å². The molecule has 19 heavy (non-hydrogen) atoms. The lowest BCUT2D eigenvalue weighted by atomic mass is 9.84. The molecule has 3 N–H and O–H groups in total. The molecule has 7 heteroatoms. The molecule has 0 aromatic heterocycles. The molecule has 0 saturated heterocycles. The Labute approximate surface area is 122 Å². The number of carboxylic acids is 1. The molecule has 110 valence electrons. The molecule has 1 aliphatic rings. The van der Waals surface area contributed by atoms with Crippen LogP contribution < -0.4 is 10.6 Å². The standard InChI is InChI=1S/C12H22N2O3S2/c1-18-7-4-9(10(15)16)14-11(17)13-8-12(19-2)5-3-6-12/h9H,3-8H2,1-2H3,(H,15,16)(H2,13,14,17)/t9-/m0/s1. The molecule has 0 heterocycles. The Morgan fingerprint density at radius 3 is 2.47 bits per heavy atom. The summed E-state index contributed by atoms with van der Waals surface area (Å²) in [6, 6.07) is -1.19. The van der Waals surface area contributed by atoms with Gasteiger partial charge in [0.2, 0.25) is 0 Å². The van der Waals surface area contributed by atoms with Crippen LogP contribution in [0.3, 0.4) is 0 Å². The summed E-state index contributed by atoms with van der Waals surface area (Å²) in [4.78, 5) is 22.7. The smallest absolute Gasteiger partial charge is 0.326 e. The van der Waals surface area contributed by atoms with Crippen molar-refractivity contribution in [1.29, 1.82) is 0 Å². The lowest BCUT2D eigenvalue weighted by Gasteiger charge is -2.40. The van der Waals surface area contributed by atoms with E-state index in [-0.39, 0.29) is 10.8 Å². The normalized spacial score (nSPS) is 18.2. The number of aliphatic carboxylic acids is 1. The molecule has 1 rings (SSSR count). The van der Waals surface area contributed by atoms with Gasteiger partial charge in [-0.1, -0.05) is 6.42 Å². The van der Waals surface area contributed by atoms with Crippen molar-refractivity contribution in [3.8, 4) is 0 Å². The quantitative estimate of drug-likeness (QED) is 0.637. The predicted octanol–water partition coefficient (Wildman–Crippen LogP) is 1.78. The van der Waals surface area contributed by atoms with Gasteiger partial charge in [0, 0.05) is 11.3 Å². The molecule has 1 saturated carbocycles. The highest BCUT2D eigenvalue weighted by molar-refractivity contribution is 8.00. The first-order chi connectivity index (χ1) is 9.03. The maximum absolute atomic E-state index is 11.7. The van der Waals surface area contributed by atoms with E-state index in [0.29, 0.717) is 18.7 Å². The molecule has 1 aliphatic carbocycles. The molecular weight excluding hydrogens is 284 g/mol. The van der Waals surface area contributed by atoms with Crippen molar-refractivity contribution in [3.63, 3.8) is 0 Å². The molecule has 0 aromatic rings. The number of amides is 2. The zero-order valence-corrected chi connectivity index (χ0v) is 13.0. The van der Waals surface area contributed by atoms with Gasteiger partial charge >= 0.3 is 12.0 Å². The third-order valence-electron chi connectivity index (χ3n) is 3.48. The van der Waals surface area contributed by atoms with Crippen LogP contribution in [0.4, 0.5) is 4.79 Å². The van der Waals surface area contributed by atoms with Crippen LogP contribution in [0.25, 0.3) is 0 Å². The van der Waals surface area contributed by atoms with Crippen LogP contribution in [-0.2, 0) is 4.79 Å². The summed E-state index contributed by atoms with van der Waals surface area (Å²) >= 11 is 3.35. The number of carbonyl (C=O) groups is 2. The van der Waals surface area contributed by atoms with Crippen LogP contribution in [0.15, 0.2) is 0 Å². The minimum absolute atomic E-state index is 0.162. The third kappa shape index (κ3) is 5.14. The molecular formula is C12H22N2O3S2. The summed E-state index contributed by atoms with van der Waals surface area (Å²) in [6.45, 7) is 0.606. The van der Waals surface area contributed by atoms with E-state index >= 15 is 0 Å². The van der Waals surface area contributed by atoms with Crippen molar-refractivity contribution in [2.75, 3.05) is 24.8 Å². The Bertz CT molecular complexity index is 317. The van der Waals surface area contributed by atoms with Crippen LogP contribution in [0, 0.1) is 0 Å². The fourth-order valence-electron chi connectivity index (χ4n) is 1.97. The van der Waals surface area contributed by atoms with E-state index in [0.717, 1.165) is 12.8 Å². The van der Waals surface area contributed by atoms with Gasteiger partial charge in [-0.15, -0.1) is 0 Å². The molecule has 0 bridgehead atoms. The maximum atomic E-state index is 11.7. The van der Waals surface area contributed by atoms with Crippen molar-refractivity contribution in [2.24, 2.45) is 0 Å². The molecule has 1 atom stereocenters. The highest BCUT2D eigenvalue weighted by atomic mass is 32.2. The zero-order chi connectivity index (χ0) is 14.3. The summed E-state index contributed by atoms with van der Waals surface area (Å²) in [5.41, 5.74) is 0. The zero-order valence-electron chi connectivity index (χ0n) is 11.4. The van der Waals surface area contributed by atoms with Crippen molar-refractivity contribution in [1.82, 2.24) is 10.6 Å². The SMILES string of the molecule is CSCC[C@H](NC(=O)NCC1(SC)CCC1)C(=O)O. The van der Waals surface area contributed by atoms with E-state index in [9.17, 15) is 9.59 Å². The fraction of sp³-hybridized carbons (Fsp3) is 0.833. The summed E-state index contributed by atoms with van der Waals surface area (Å²) in [5.74, 6) is -0.265. The lowest BCUT2D eigenvalue weighted by Crippen LogP contribution is -2.51. The Hall–Kier alpha value is -0.560. The first-order valence-corrected chi connectivity index (χ1v) is 8.96. The first-order valence-electron chi connectivity index (χ1n) is 6.34. The topological polar surface area (TPSA) is 78.4 Å². The van der Waals surface area contributed by atoms with Gasteiger partial charge in [-0.2, -0.15) is 23.5 Å². The van der Waals surface area contributed by atoms with E-state index < -0.39 is 12.0 Å². The molecule has 0 aromatic carbocycles. The second-order valence-electron chi connectivity index (χ2n) is 4.74. The Morgan fingerprint density at radius 1 is 1.37 bits per heavy atom. The van der Waals surface area contributed by atoms with Gasteiger partial charge < -0.3 is 15.7 Å². The summed E-state index contributed by atoms with van der Waals surface area (Å²) in [6.07, 6.45) is 7.84. The summed E-state index contributed by atoms with van der Waals surface area (Å²) in [7, 11) is 0. The lowest BCUT2D eigenvalue weighted by molar-refractivity contribution is -0.139. The number of hydrogen-bond donors (Lipinski definition) is 3. The van der Waals surface area contributed by atoms with Crippen LogP contribution in [-0.4, -0.2) is 52.7 Å². The number of thioether (sulfide) groups is 2. The summed E-state index contributed by atoms with van der Waals surface area (Å²) < 4.78 is 0.162. The van der Waals surface area contributed by atoms with Gasteiger partial charge in [0.05, 0.1) is 0 Å². The Morgan fingerprint density at radius 2 is 2.05 bits per heavy atom. The Balaban J connectivity index is 2.33. The number of nitrogens with one attached hydrogen (secondary N) is 2. The minimum Gasteiger partial charge on any atom is -0.480 e. The monoisotopic (exact) mass is 306 g/mol. The molecule has 5 nitrogen and oxygen atoms in total. The highest BCUT2D eigenvalue weighted by Crippen LogP contribution is 2.42. The second kappa shape index (κ2) is 7.89. The molecule has 0 spiro atoms. The van der Waals surface area contributed by atoms with E-state index in [2.05, 4.69) is 16.9 Å². The predicted molar refractivity (Wildman–Crippen MR) is 81.1 cm³/mol. The number of carboxylic acid groups (broad SMARTS) is 1. The average Bonchev–Trinajstić information content (AvgIpc) is 2.33. The van der Waals surface area contributed by atoms with E-state index in [1.54, 1.807) is 23.5 Å². The molecule has 2 amide bonds. The fourth-order valence-corrected chi connectivity index (χ4v) is 3.35. The molecule has 0 aliphatic heterocycles. The van der Waals surface area contributed by atoms with E-state index in [4.69, 9.17) is 5.11 Å². The molecule has 0 radical (unpaired) electrons. The summed E-state index contributed by atoms with van der Waals surface area (Å²) in [5, 5.41) is 14.3. The van der Waals surface area contributed by atoms with E-state index in [1.165, 1.54) is 6.42 Å². The van der Waals surface area contributed by atoms with Crippen molar-refractivity contribution in [3.05, 3.63) is 0 Å². The second-order valence-corrected chi connectivity index (χ2v) is 7.00. The average molecular weight is 306 g/mol. The van der Waals surface area contributed by atoms with Gasteiger partial charge in [0.25, 0.3) is 0 Å². The van der Waals surface area contributed by atoms with Crippen LogP contribution in [0.5, 0.6) is 0 Å². The highest BCUT2D eigenvalue weighted by Gasteiger charge is 2.36. The van der Waals surface area contributed by atoms with Crippen LogP contribution in [0.1, 0.15) is 25.7 Å². The maximum Gasteiger partial charge on any atom is 0.326 e. The molecule has 1 fully saturated rings. The van der Waals surface area contributed by atoms with Gasteiger partial charge in [-0.25, -0.2) is 9.59 Å². The van der Waals surface area contributed by atoms with Crippen molar-refractivity contribution >= 4 is 35.5 Å². The van der Waals surface area contributed by atoms with Crippen LogP contribution in [0.2, 0.25) is 0 Å². The Kier molecular flexibility index (Phi) is 6.85. The van der Waals surface area contributed by atoms with Crippen molar-refractivity contribution < 1.29 is 14.7 Å². The number of rotatable bonds is 8. The number of carbonyl (C=O) groups excluding carboxylic acids is 1. The van der Waals surface area contributed by atoms with Gasteiger partial charge in [-0.3, -0.25) is 0 Å². The first kappa shape index (κ1) is 16.5. The van der Waals surface area contributed by atoms with Gasteiger partial charge in [0.15, 0.2) is 0 Å². The number of urea groups is 1. The molecule has 0 unspecified atom stereocenters. The van der Waals surface area contributed by atoms with Gasteiger partial charge in [-0.05, 0) is 37.5 Å². The van der Waals surface area contributed by atoms with Crippen molar-refractivity contribution in [2.45, 2.75) is 36.5 Å². The van der Waals surface area contributed by atoms with E-state index in [1.807, 2.05) is 6.26 Å².